The third-order valence-corrected chi connectivity index (χ3v) is 6.21. The molecule has 0 bridgehead atoms. The third kappa shape index (κ3) is 2.84. The molecule has 132 valence electrons. The molecule has 6 heteroatoms. The molecule has 0 radical (unpaired) electrons. The van der Waals surface area contributed by atoms with E-state index in [1.165, 1.54) is 43.0 Å². The number of nitrogens with zero attached hydrogens (tertiary/aromatic N) is 3. The first kappa shape index (κ1) is 16.0. The highest BCUT2D eigenvalue weighted by atomic mass is 19.3. The van der Waals surface area contributed by atoms with E-state index in [2.05, 4.69) is 5.10 Å². The van der Waals surface area contributed by atoms with Crippen LogP contribution in [-0.2, 0) is 7.05 Å². The van der Waals surface area contributed by atoms with Crippen LogP contribution in [0.2, 0.25) is 0 Å². The van der Waals surface area contributed by atoms with Gasteiger partial charge in [-0.05, 0) is 49.9 Å². The van der Waals surface area contributed by atoms with Crippen molar-refractivity contribution in [3.05, 3.63) is 17.5 Å². The molecule has 3 aliphatic carbocycles. The van der Waals surface area contributed by atoms with E-state index in [1.54, 1.807) is 7.05 Å². The highest BCUT2D eigenvalue weighted by Crippen LogP contribution is 2.48. The number of fused-ring (bicyclic) bond motifs is 1. The number of carbonyl (C=O) groups excluding carboxylic acids is 1. The minimum Gasteiger partial charge on any atom is -0.335 e. The molecule has 1 heterocycles. The van der Waals surface area contributed by atoms with Gasteiger partial charge in [0.15, 0.2) is 0 Å². The average molecular weight is 337 g/mol. The van der Waals surface area contributed by atoms with Crippen molar-refractivity contribution < 1.29 is 13.6 Å². The molecule has 1 aromatic rings. The van der Waals surface area contributed by atoms with E-state index in [1.807, 2.05) is 4.90 Å². The van der Waals surface area contributed by atoms with E-state index in [0.717, 1.165) is 31.2 Å². The number of aryl methyl sites for hydroxylation is 1. The Kier molecular flexibility index (Phi) is 4.09. The number of alkyl halides is 2. The largest absolute Gasteiger partial charge is 0.335 e. The van der Waals surface area contributed by atoms with Gasteiger partial charge in [-0.1, -0.05) is 12.8 Å². The Morgan fingerprint density at radius 3 is 2.79 bits per heavy atom. The van der Waals surface area contributed by atoms with Crippen LogP contribution in [0.3, 0.4) is 0 Å². The zero-order valence-electron chi connectivity index (χ0n) is 14.1. The van der Waals surface area contributed by atoms with Crippen LogP contribution in [0.25, 0.3) is 0 Å². The van der Waals surface area contributed by atoms with Crippen molar-refractivity contribution in [3.8, 4) is 0 Å². The number of carbonyl (C=O) groups is 1. The summed E-state index contributed by atoms with van der Waals surface area (Å²) >= 11 is 0. The van der Waals surface area contributed by atoms with Crippen molar-refractivity contribution in [1.29, 1.82) is 0 Å². The second kappa shape index (κ2) is 6.12. The fraction of sp³-hybridized carbons (Fsp3) is 0.778. The predicted octanol–water partition coefficient (Wildman–Crippen LogP) is 3.79. The average Bonchev–Trinajstić information content (AvgIpc) is 2.96. The number of rotatable bonds is 5. The molecule has 24 heavy (non-hydrogen) atoms. The van der Waals surface area contributed by atoms with Gasteiger partial charge in [0.1, 0.15) is 5.69 Å². The van der Waals surface area contributed by atoms with Gasteiger partial charge < -0.3 is 4.90 Å². The monoisotopic (exact) mass is 337 g/mol. The SMILES string of the molecule is Cn1cc(C(=O)N(CC2CCC3CCCC32)C2CC2)c(C(F)F)n1. The maximum atomic E-state index is 13.2. The van der Waals surface area contributed by atoms with Gasteiger partial charge >= 0.3 is 0 Å². The Balaban J connectivity index is 1.54. The summed E-state index contributed by atoms with van der Waals surface area (Å²) in [7, 11) is 1.59. The lowest BCUT2D eigenvalue weighted by Crippen LogP contribution is -2.38. The molecule has 3 saturated carbocycles. The normalized spacial score (nSPS) is 29.2. The quantitative estimate of drug-likeness (QED) is 0.820. The first-order chi connectivity index (χ1) is 11.5. The van der Waals surface area contributed by atoms with Crippen molar-refractivity contribution >= 4 is 5.91 Å². The lowest BCUT2D eigenvalue weighted by Gasteiger charge is -2.28. The summed E-state index contributed by atoms with van der Waals surface area (Å²) in [5.74, 6) is 1.87. The van der Waals surface area contributed by atoms with E-state index in [9.17, 15) is 13.6 Å². The van der Waals surface area contributed by atoms with Gasteiger partial charge in [-0.15, -0.1) is 0 Å². The molecule has 1 amide bonds. The zero-order chi connectivity index (χ0) is 16.8. The third-order valence-electron chi connectivity index (χ3n) is 6.21. The van der Waals surface area contributed by atoms with Crippen LogP contribution in [0, 0.1) is 17.8 Å². The minimum absolute atomic E-state index is 0.0837. The van der Waals surface area contributed by atoms with Crippen molar-refractivity contribution in [2.24, 2.45) is 24.8 Å². The Morgan fingerprint density at radius 2 is 2.08 bits per heavy atom. The van der Waals surface area contributed by atoms with Gasteiger partial charge in [0.2, 0.25) is 0 Å². The molecule has 3 unspecified atom stereocenters. The van der Waals surface area contributed by atoms with Gasteiger partial charge in [0.05, 0.1) is 5.56 Å². The van der Waals surface area contributed by atoms with Crippen molar-refractivity contribution in [2.45, 2.75) is 57.4 Å². The van der Waals surface area contributed by atoms with Gasteiger partial charge in [-0.3, -0.25) is 9.48 Å². The Hall–Kier alpha value is -1.46. The summed E-state index contributed by atoms with van der Waals surface area (Å²) in [6.45, 7) is 0.738. The number of aromatic nitrogens is 2. The predicted molar refractivity (Wildman–Crippen MR) is 85.8 cm³/mol. The molecule has 4 nitrogen and oxygen atoms in total. The highest BCUT2D eigenvalue weighted by Gasteiger charge is 2.43. The lowest BCUT2D eigenvalue weighted by atomic mass is 9.91. The van der Waals surface area contributed by atoms with Gasteiger partial charge in [-0.2, -0.15) is 5.10 Å². The van der Waals surface area contributed by atoms with Gasteiger partial charge in [0.25, 0.3) is 12.3 Å². The zero-order valence-corrected chi connectivity index (χ0v) is 14.1. The summed E-state index contributed by atoms with van der Waals surface area (Å²) in [5, 5.41) is 3.80. The van der Waals surface area contributed by atoms with Crippen LogP contribution in [0.15, 0.2) is 6.20 Å². The maximum absolute atomic E-state index is 13.2. The molecule has 0 saturated heterocycles. The van der Waals surface area contributed by atoms with Crippen molar-refractivity contribution in [3.63, 3.8) is 0 Å². The summed E-state index contributed by atoms with van der Waals surface area (Å²) in [6, 6.07) is 0.240. The van der Waals surface area contributed by atoms with E-state index < -0.39 is 6.43 Å². The number of hydrogen-bond acceptors (Lipinski definition) is 2. The van der Waals surface area contributed by atoms with E-state index in [0.29, 0.717) is 5.92 Å². The molecule has 1 aromatic heterocycles. The molecule has 0 aromatic carbocycles. The lowest BCUT2D eigenvalue weighted by molar-refractivity contribution is 0.0685. The first-order valence-electron chi connectivity index (χ1n) is 9.17. The number of amides is 1. The fourth-order valence-electron chi connectivity index (χ4n) is 4.94. The van der Waals surface area contributed by atoms with Crippen LogP contribution in [-0.4, -0.2) is 33.2 Å². The smallest absolute Gasteiger partial charge is 0.282 e. The Bertz CT molecular complexity index is 626. The second-order valence-corrected chi connectivity index (χ2v) is 7.78. The number of hydrogen-bond donors (Lipinski definition) is 0. The summed E-state index contributed by atoms with van der Waals surface area (Å²) in [5.41, 5.74) is -0.293. The molecule has 0 aliphatic heterocycles. The van der Waals surface area contributed by atoms with E-state index in [4.69, 9.17) is 0 Å². The van der Waals surface area contributed by atoms with Crippen LogP contribution in [0.4, 0.5) is 8.78 Å². The van der Waals surface area contributed by atoms with Crippen molar-refractivity contribution in [1.82, 2.24) is 14.7 Å². The van der Waals surface area contributed by atoms with Crippen LogP contribution >= 0.6 is 0 Å². The highest BCUT2D eigenvalue weighted by molar-refractivity contribution is 5.95. The summed E-state index contributed by atoms with van der Waals surface area (Å²) in [4.78, 5) is 14.9. The molecular formula is C18H25F2N3O. The minimum atomic E-state index is -2.71. The molecule has 0 N–H and O–H groups in total. The topological polar surface area (TPSA) is 38.1 Å². The molecule has 3 fully saturated rings. The van der Waals surface area contributed by atoms with E-state index in [-0.39, 0.29) is 23.2 Å². The van der Waals surface area contributed by atoms with E-state index >= 15 is 0 Å². The molecule has 3 aliphatic rings. The molecular weight excluding hydrogens is 312 g/mol. The standard InChI is InChI=1S/C18H25F2N3O/c1-22-10-15(16(21-22)17(19)20)18(24)23(13-7-8-13)9-12-6-5-11-3-2-4-14(11)12/h10-14,17H,2-9H2,1H3. The van der Waals surface area contributed by atoms with Crippen molar-refractivity contribution in [2.75, 3.05) is 6.54 Å². The Labute approximate surface area is 141 Å². The first-order valence-corrected chi connectivity index (χ1v) is 9.17. The molecule has 3 atom stereocenters. The summed E-state index contributed by atoms with van der Waals surface area (Å²) < 4.78 is 27.8. The molecule has 4 rings (SSSR count). The second-order valence-electron chi connectivity index (χ2n) is 7.78. The van der Waals surface area contributed by atoms with Gasteiger partial charge in [-0.25, -0.2) is 8.78 Å². The van der Waals surface area contributed by atoms with Crippen LogP contribution in [0.1, 0.15) is 67.4 Å². The fourth-order valence-corrected chi connectivity index (χ4v) is 4.94. The summed E-state index contributed by atoms with van der Waals surface area (Å²) in [6.07, 6.45) is 7.10. The van der Waals surface area contributed by atoms with Crippen LogP contribution < -0.4 is 0 Å². The number of halogens is 2. The van der Waals surface area contributed by atoms with Gasteiger partial charge in [0, 0.05) is 25.8 Å². The molecule has 0 spiro atoms. The Morgan fingerprint density at radius 1 is 1.29 bits per heavy atom. The maximum Gasteiger partial charge on any atom is 0.282 e. The van der Waals surface area contributed by atoms with Crippen LogP contribution in [0.5, 0.6) is 0 Å².